The fourth-order valence-corrected chi connectivity index (χ4v) is 6.95. The van der Waals surface area contributed by atoms with Crippen molar-refractivity contribution in [1.82, 2.24) is 0 Å². The van der Waals surface area contributed by atoms with E-state index in [-0.39, 0.29) is 31.1 Å². The van der Waals surface area contributed by atoms with E-state index < -0.39 is 6.10 Å². The first-order valence-corrected chi connectivity index (χ1v) is 23.4. The highest BCUT2D eigenvalue weighted by molar-refractivity contribution is 5.71. The fourth-order valence-electron chi connectivity index (χ4n) is 6.95. The molecule has 1 unspecified atom stereocenters. The molecule has 0 amide bonds. The van der Waals surface area contributed by atoms with Gasteiger partial charge in [-0.15, -0.1) is 0 Å². The Labute approximate surface area is 329 Å². The molecule has 0 spiro atoms. The molecule has 0 saturated carbocycles. The third-order valence-corrected chi connectivity index (χ3v) is 10.9. The van der Waals surface area contributed by atoms with E-state index in [4.69, 9.17) is 14.2 Å². The molecule has 0 saturated heterocycles. The Balaban J connectivity index is 4.09. The number of carbonyl (C=O) groups is 3. The van der Waals surface area contributed by atoms with Crippen molar-refractivity contribution in [3.63, 3.8) is 0 Å². The molecule has 0 fully saturated rings. The number of carbonyl (C=O) groups excluding carboxylic acids is 3. The lowest BCUT2D eigenvalue weighted by Crippen LogP contribution is -2.30. The van der Waals surface area contributed by atoms with Crippen LogP contribution in [0.25, 0.3) is 0 Å². The lowest BCUT2D eigenvalue weighted by Gasteiger charge is -2.18. The van der Waals surface area contributed by atoms with Crippen LogP contribution in [0.2, 0.25) is 0 Å². The monoisotopic (exact) mass is 751 g/mol. The average Bonchev–Trinajstić information content (AvgIpc) is 3.15. The Hall–Kier alpha value is -1.59. The van der Waals surface area contributed by atoms with Crippen molar-refractivity contribution in [3.05, 3.63) is 0 Å². The van der Waals surface area contributed by atoms with Crippen LogP contribution in [0.3, 0.4) is 0 Å². The van der Waals surface area contributed by atoms with Gasteiger partial charge in [-0.3, -0.25) is 14.4 Å². The van der Waals surface area contributed by atoms with Crippen LogP contribution in [0.5, 0.6) is 0 Å². The Morgan fingerprint density at radius 1 is 0.377 bits per heavy atom. The van der Waals surface area contributed by atoms with Crippen LogP contribution in [-0.2, 0) is 28.6 Å². The van der Waals surface area contributed by atoms with E-state index >= 15 is 0 Å². The maximum Gasteiger partial charge on any atom is 0.306 e. The van der Waals surface area contributed by atoms with E-state index in [1.165, 1.54) is 148 Å². The van der Waals surface area contributed by atoms with E-state index in [2.05, 4.69) is 27.7 Å². The average molecular weight is 751 g/mol. The number of hydrogen-bond donors (Lipinski definition) is 0. The molecule has 53 heavy (non-hydrogen) atoms. The van der Waals surface area contributed by atoms with Crippen LogP contribution >= 0.6 is 0 Å². The number of hydrogen-bond acceptors (Lipinski definition) is 6. The second-order valence-electron chi connectivity index (χ2n) is 16.3. The molecule has 0 aliphatic heterocycles. The van der Waals surface area contributed by atoms with E-state index in [9.17, 15) is 14.4 Å². The van der Waals surface area contributed by atoms with Crippen molar-refractivity contribution in [1.29, 1.82) is 0 Å². The van der Waals surface area contributed by atoms with Gasteiger partial charge in [0.25, 0.3) is 0 Å². The van der Waals surface area contributed by atoms with Crippen molar-refractivity contribution in [3.8, 4) is 0 Å². The van der Waals surface area contributed by atoms with Gasteiger partial charge in [-0.2, -0.15) is 0 Å². The molecule has 0 heterocycles. The topological polar surface area (TPSA) is 78.9 Å². The van der Waals surface area contributed by atoms with Crippen molar-refractivity contribution < 1.29 is 28.6 Å². The molecular weight excluding hydrogens is 661 g/mol. The van der Waals surface area contributed by atoms with Crippen molar-refractivity contribution in [2.75, 3.05) is 13.2 Å². The van der Waals surface area contributed by atoms with Crippen molar-refractivity contribution >= 4 is 17.9 Å². The quantitative estimate of drug-likeness (QED) is 0.0351. The van der Waals surface area contributed by atoms with Gasteiger partial charge in [0.05, 0.1) is 0 Å². The van der Waals surface area contributed by atoms with E-state index in [0.29, 0.717) is 19.3 Å². The molecule has 0 aromatic rings. The van der Waals surface area contributed by atoms with Gasteiger partial charge in [-0.1, -0.05) is 220 Å². The Morgan fingerprint density at radius 2 is 0.660 bits per heavy atom. The van der Waals surface area contributed by atoms with Gasteiger partial charge in [-0.05, 0) is 25.2 Å². The summed E-state index contributed by atoms with van der Waals surface area (Å²) in [7, 11) is 0. The van der Waals surface area contributed by atoms with Gasteiger partial charge in [0.2, 0.25) is 0 Å². The van der Waals surface area contributed by atoms with Crippen LogP contribution in [0.1, 0.15) is 259 Å². The molecule has 6 heteroatoms. The summed E-state index contributed by atoms with van der Waals surface area (Å²) in [4.78, 5) is 37.5. The highest BCUT2D eigenvalue weighted by atomic mass is 16.6. The SMILES string of the molecule is CCCCCCCCCCCCCCC(=O)OC[C@H](COC(=O)CCCCCCCCCCCCCCCCC(C)CC)OC(=O)CCCCCCC. The van der Waals surface area contributed by atoms with E-state index in [0.717, 1.165) is 70.1 Å². The largest absolute Gasteiger partial charge is 0.462 e. The standard InChI is InChI=1S/C47H90O6/c1-5-8-10-12-13-14-15-21-24-27-31-34-38-45(48)51-41-44(53-47(50)40-36-29-11-9-6-2)42-52-46(49)39-35-32-28-25-22-19-17-16-18-20-23-26-30-33-37-43(4)7-3/h43-44H,5-42H2,1-4H3/t43?,44-/m1/s1. The van der Waals surface area contributed by atoms with E-state index in [1.807, 2.05) is 0 Å². The zero-order valence-corrected chi connectivity index (χ0v) is 36.0. The molecule has 0 rings (SSSR count). The molecule has 314 valence electrons. The van der Waals surface area contributed by atoms with Gasteiger partial charge >= 0.3 is 17.9 Å². The Bertz CT molecular complexity index is 798. The highest BCUT2D eigenvalue weighted by Gasteiger charge is 2.19. The second-order valence-corrected chi connectivity index (χ2v) is 16.3. The number of unbranched alkanes of at least 4 members (excludes halogenated alkanes) is 28. The Kier molecular flexibility index (Phi) is 40.3. The van der Waals surface area contributed by atoms with Crippen molar-refractivity contribution in [2.45, 2.75) is 265 Å². The summed E-state index contributed by atoms with van der Waals surface area (Å²) in [6.07, 6.45) is 41.1. The lowest BCUT2D eigenvalue weighted by molar-refractivity contribution is -0.167. The number of rotatable bonds is 42. The maximum absolute atomic E-state index is 12.5. The first kappa shape index (κ1) is 51.4. The summed E-state index contributed by atoms with van der Waals surface area (Å²) in [6, 6.07) is 0. The summed E-state index contributed by atoms with van der Waals surface area (Å²) >= 11 is 0. The maximum atomic E-state index is 12.5. The van der Waals surface area contributed by atoms with Crippen LogP contribution in [0, 0.1) is 5.92 Å². The predicted octanol–water partition coefficient (Wildman–Crippen LogP) is 14.7. The lowest BCUT2D eigenvalue weighted by atomic mass is 9.99. The zero-order chi connectivity index (χ0) is 38.9. The van der Waals surface area contributed by atoms with Gasteiger partial charge < -0.3 is 14.2 Å². The van der Waals surface area contributed by atoms with Gasteiger partial charge in [0, 0.05) is 19.3 Å². The third-order valence-electron chi connectivity index (χ3n) is 10.9. The summed E-state index contributed by atoms with van der Waals surface area (Å²) < 4.78 is 16.6. The molecule has 2 atom stereocenters. The molecule has 0 aliphatic rings. The normalized spacial score (nSPS) is 12.5. The summed E-state index contributed by atoms with van der Waals surface area (Å²) in [5.41, 5.74) is 0. The molecule has 0 radical (unpaired) electrons. The van der Waals surface area contributed by atoms with Crippen molar-refractivity contribution in [2.24, 2.45) is 5.92 Å². The van der Waals surface area contributed by atoms with Gasteiger partial charge in [0.1, 0.15) is 13.2 Å². The first-order chi connectivity index (χ1) is 25.9. The minimum atomic E-state index is -0.757. The summed E-state index contributed by atoms with van der Waals surface area (Å²) in [5, 5.41) is 0. The molecule has 0 aliphatic carbocycles. The number of ether oxygens (including phenoxy) is 3. The first-order valence-electron chi connectivity index (χ1n) is 23.4. The van der Waals surface area contributed by atoms with Crippen LogP contribution < -0.4 is 0 Å². The smallest absolute Gasteiger partial charge is 0.306 e. The molecule has 6 nitrogen and oxygen atoms in total. The highest BCUT2D eigenvalue weighted by Crippen LogP contribution is 2.17. The second kappa shape index (κ2) is 41.6. The van der Waals surface area contributed by atoms with Gasteiger partial charge in [-0.25, -0.2) is 0 Å². The molecule has 0 aromatic carbocycles. The van der Waals surface area contributed by atoms with Crippen LogP contribution in [0.15, 0.2) is 0 Å². The van der Waals surface area contributed by atoms with Gasteiger partial charge in [0.15, 0.2) is 6.10 Å². The summed E-state index contributed by atoms with van der Waals surface area (Å²) in [5.74, 6) is 0.0288. The molecule has 0 bridgehead atoms. The minimum Gasteiger partial charge on any atom is -0.462 e. The zero-order valence-electron chi connectivity index (χ0n) is 36.0. The molecule has 0 N–H and O–H groups in total. The van der Waals surface area contributed by atoms with E-state index in [1.54, 1.807) is 0 Å². The molecule has 0 aromatic heterocycles. The third kappa shape index (κ3) is 39.9. The minimum absolute atomic E-state index is 0.0650. The summed E-state index contributed by atoms with van der Waals surface area (Å²) in [6.45, 7) is 8.96. The molecular formula is C47H90O6. The Morgan fingerprint density at radius 3 is 0.981 bits per heavy atom. The predicted molar refractivity (Wildman–Crippen MR) is 224 cm³/mol. The fraction of sp³-hybridized carbons (Fsp3) is 0.936. The number of esters is 3. The van der Waals surface area contributed by atoms with Crippen LogP contribution in [0.4, 0.5) is 0 Å². The van der Waals surface area contributed by atoms with Crippen LogP contribution in [-0.4, -0.2) is 37.2 Å².